The number of carbonyl (C=O) groups excluding carboxylic acids is 1. The van der Waals surface area contributed by atoms with E-state index in [1.807, 2.05) is 24.3 Å². The van der Waals surface area contributed by atoms with Crippen molar-refractivity contribution in [3.05, 3.63) is 64.7 Å². The summed E-state index contributed by atoms with van der Waals surface area (Å²) in [6.07, 6.45) is -0.500. The van der Waals surface area contributed by atoms with E-state index in [1.54, 1.807) is 24.3 Å². The number of nitrogens with two attached hydrogens (primary N) is 1. The van der Waals surface area contributed by atoms with Gasteiger partial charge in [0.1, 0.15) is 6.61 Å². The molecular formula is C15H15ClN2O2. The van der Waals surface area contributed by atoms with Crippen molar-refractivity contribution < 1.29 is 9.53 Å². The zero-order valence-corrected chi connectivity index (χ0v) is 11.6. The number of hydrogen-bond donors (Lipinski definition) is 2. The SMILES string of the molecule is NCc1ccc(NC(=O)OCc2ccc(Cl)cc2)cc1. The summed E-state index contributed by atoms with van der Waals surface area (Å²) >= 11 is 5.78. The van der Waals surface area contributed by atoms with Gasteiger partial charge in [0, 0.05) is 17.3 Å². The van der Waals surface area contributed by atoms with Crippen LogP contribution >= 0.6 is 11.6 Å². The minimum atomic E-state index is -0.500. The standard InChI is InChI=1S/C15H15ClN2O2/c16-13-5-1-12(2-6-13)10-20-15(19)18-14-7-3-11(9-17)4-8-14/h1-8H,9-10,17H2,(H,18,19). The fraction of sp³-hybridized carbons (Fsp3) is 0.133. The lowest BCUT2D eigenvalue weighted by molar-refractivity contribution is 0.155. The van der Waals surface area contributed by atoms with Gasteiger partial charge in [0.15, 0.2) is 0 Å². The van der Waals surface area contributed by atoms with E-state index in [0.717, 1.165) is 11.1 Å². The Kier molecular flexibility index (Phi) is 4.98. The van der Waals surface area contributed by atoms with E-state index in [1.165, 1.54) is 0 Å². The molecule has 0 aliphatic heterocycles. The van der Waals surface area contributed by atoms with Crippen molar-refractivity contribution >= 4 is 23.4 Å². The van der Waals surface area contributed by atoms with Gasteiger partial charge in [0.2, 0.25) is 0 Å². The Morgan fingerprint density at radius 3 is 2.25 bits per heavy atom. The van der Waals surface area contributed by atoms with Gasteiger partial charge < -0.3 is 10.5 Å². The molecule has 0 heterocycles. The second-order valence-corrected chi connectivity index (χ2v) is 4.67. The maximum absolute atomic E-state index is 11.6. The van der Waals surface area contributed by atoms with Crippen LogP contribution in [0.4, 0.5) is 10.5 Å². The number of anilines is 1. The molecule has 2 rings (SSSR count). The Morgan fingerprint density at radius 1 is 1.05 bits per heavy atom. The van der Waals surface area contributed by atoms with Gasteiger partial charge in [-0.3, -0.25) is 5.32 Å². The average Bonchev–Trinajstić information content (AvgIpc) is 2.47. The number of rotatable bonds is 4. The Hall–Kier alpha value is -2.04. The van der Waals surface area contributed by atoms with E-state index < -0.39 is 6.09 Å². The zero-order valence-electron chi connectivity index (χ0n) is 10.8. The third-order valence-electron chi connectivity index (χ3n) is 2.72. The van der Waals surface area contributed by atoms with Gasteiger partial charge >= 0.3 is 6.09 Å². The lowest BCUT2D eigenvalue weighted by atomic mass is 10.2. The summed E-state index contributed by atoms with van der Waals surface area (Å²) in [7, 11) is 0. The highest BCUT2D eigenvalue weighted by atomic mass is 35.5. The smallest absolute Gasteiger partial charge is 0.411 e. The van der Waals surface area contributed by atoms with Crippen LogP contribution < -0.4 is 11.1 Å². The molecule has 104 valence electrons. The molecule has 1 amide bonds. The van der Waals surface area contributed by atoms with Crippen LogP contribution in [0.5, 0.6) is 0 Å². The zero-order chi connectivity index (χ0) is 14.4. The summed E-state index contributed by atoms with van der Waals surface area (Å²) < 4.78 is 5.11. The third-order valence-corrected chi connectivity index (χ3v) is 2.97. The summed E-state index contributed by atoms with van der Waals surface area (Å²) in [5.74, 6) is 0. The van der Waals surface area contributed by atoms with Crippen molar-refractivity contribution in [2.24, 2.45) is 5.73 Å². The second-order valence-electron chi connectivity index (χ2n) is 4.23. The number of benzene rings is 2. The fourth-order valence-corrected chi connectivity index (χ4v) is 1.73. The molecule has 0 radical (unpaired) electrons. The number of carbonyl (C=O) groups is 1. The lowest BCUT2D eigenvalue weighted by Crippen LogP contribution is -2.13. The number of amides is 1. The van der Waals surface area contributed by atoms with Gasteiger partial charge in [-0.2, -0.15) is 0 Å². The molecule has 5 heteroatoms. The molecule has 0 bridgehead atoms. The Balaban J connectivity index is 1.84. The second kappa shape index (κ2) is 6.93. The molecule has 0 spiro atoms. The van der Waals surface area contributed by atoms with E-state index in [0.29, 0.717) is 17.3 Å². The normalized spacial score (nSPS) is 10.1. The Bertz CT molecular complexity index is 567. The molecular weight excluding hydrogens is 276 g/mol. The summed E-state index contributed by atoms with van der Waals surface area (Å²) in [4.78, 5) is 11.6. The topological polar surface area (TPSA) is 64.3 Å². The van der Waals surface area contributed by atoms with Crippen LogP contribution in [0.3, 0.4) is 0 Å². The quantitative estimate of drug-likeness (QED) is 0.905. The molecule has 3 N–H and O–H groups in total. The predicted molar refractivity (Wildman–Crippen MR) is 79.6 cm³/mol. The van der Waals surface area contributed by atoms with Crippen LogP contribution in [-0.4, -0.2) is 6.09 Å². The molecule has 2 aromatic rings. The number of ether oxygens (including phenoxy) is 1. The maximum atomic E-state index is 11.6. The van der Waals surface area contributed by atoms with Crippen LogP contribution in [0, 0.1) is 0 Å². The predicted octanol–water partition coefficient (Wildman–Crippen LogP) is 3.55. The van der Waals surface area contributed by atoms with Gasteiger partial charge in [0.05, 0.1) is 0 Å². The highest BCUT2D eigenvalue weighted by Crippen LogP contribution is 2.12. The van der Waals surface area contributed by atoms with Crippen LogP contribution in [0.1, 0.15) is 11.1 Å². The first kappa shape index (κ1) is 14.4. The Morgan fingerprint density at radius 2 is 1.65 bits per heavy atom. The Labute approximate surface area is 122 Å². The van der Waals surface area contributed by atoms with Crippen molar-refractivity contribution in [2.75, 3.05) is 5.32 Å². The molecule has 0 aliphatic rings. The summed E-state index contributed by atoms with van der Waals surface area (Å²) in [6.45, 7) is 0.672. The van der Waals surface area contributed by atoms with Crippen molar-refractivity contribution in [3.8, 4) is 0 Å². The molecule has 0 aliphatic carbocycles. The molecule has 2 aromatic carbocycles. The van der Waals surface area contributed by atoms with E-state index >= 15 is 0 Å². The summed E-state index contributed by atoms with van der Waals surface area (Å²) in [5.41, 5.74) is 8.05. The monoisotopic (exact) mass is 290 g/mol. The first-order valence-electron chi connectivity index (χ1n) is 6.14. The average molecular weight is 291 g/mol. The number of hydrogen-bond acceptors (Lipinski definition) is 3. The summed E-state index contributed by atoms with van der Waals surface area (Å²) in [5, 5.41) is 3.30. The molecule has 4 nitrogen and oxygen atoms in total. The van der Waals surface area contributed by atoms with Crippen molar-refractivity contribution in [1.82, 2.24) is 0 Å². The fourth-order valence-electron chi connectivity index (χ4n) is 1.61. The molecule has 0 saturated heterocycles. The minimum absolute atomic E-state index is 0.198. The largest absolute Gasteiger partial charge is 0.444 e. The first-order chi connectivity index (χ1) is 9.67. The van der Waals surface area contributed by atoms with Crippen LogP contribution in [0.15, 0.2) is 48.5 Å². The van der Waals surface area contributed by atoms with Crippen molar-refractivity contribution in [2.45, 2.75) is 13.2 Å². The van der Waals surface area contributed by atoms with E-state index in [9.17, 15) is 4.79 Å². The maximum Gasteiger partial charge on any atom is 0.411 e. The minimum Gasteiger partial charge on any atom is -0.444 e. The van der Waals surface area contributed by atoms with Crippen LogP contribution in [0.2, 0.25) is 5.02 Å². The molecule has 20 heavy (non-hydrogen) atoms. The van der Waals surface area contributed by atoms with Crippen molar-refractivity contribution in [1.29, 1.82) is 0 Å². The van der Waals surface area contributed by atoms with Crippen LogP contribution in [0.25, 0.3) is 0 Å². The number of nitrogens with one attached hydrogen (secondary N) is 1. The van der Waals surface area contributed by atoms with E-state index in [-0.39, 0.29) is 6.61 Å². The van der Waals surface area contributed by atoms with Gasteiger partial charge in [-0.15, -0.1) is 0 Å². The highest BCUT2D eigenvalue weighted by molar-refractivity contribution is 6.30. The summed E-state index contributed by atoms with van der Waals surface area (Å²) in [6, 6.07) is 14.4. The van der Waals surface area contributed by atoms with Crippen LogP contribution in [-0.2, 0) is 17.9 Å². The lowest BCUT2D eigenvalue weighted by Gasteiger charge is -2.07. The third kappa shape index (κ3) is 4.26. The molecule has 0 aromatic heterocycles. The van der Waals surface area contributed by atoms with Gasteiger partial charge in [-0.05, 0) is 35.4 Å². The van der Waals surface area contributed by atoms with Gasteiger partial charge in [-0.1, -0.05) is 35.9 Å². The van der Waals surface area contributed by atoms with Gasteiger partial charge in [0.25, 0.3) is 0 Å². The first-order valence-corrected chi connectivity index (χ1v) is 6.52. The molecule has 0 unspecified atom stereocenters. The van der Waals surface area contributed by atoms with E-state index in [4.69, 9.17) is 22.1 Å². The van der Waals surface area contributed by atoms with E-state index in [2.05, 4.69) is 5.32 Å². The molecule has 0 fully saturated rings. The molecule has 0 atom stereocenters. The molecule has 0 saturated carbocycles. The number of halogens is 1. The van der Waals surface area contributed by atoms with Gasteiger partial charge in [-0.25, -0.2) is 4.79 Å². The highest BCUT2D eigenvalue weighted by Gasteiger charge is 2.03. The van der Waals surface area contributed by atoms with Crippen molar-refractivity contribution in [3.63, 3.8) is 0 Å².